The van der Waals surface area contributed by atoms with Gasteiger partial charge in [-0.05, 0) is 18.1 Å². The van der Waals surface area contributed by atoms with Crippen LogP contribution in [0.15, 0.2) is 54.6 Å². The Bertz CT molecular complexity index is 552. The van der Waals surface area contributed by atoms with Crippen molar-refractivity contribution in [3.05, 3.63) is 54.6 Å². The minimum atomic E-state index is -0.151. The summed E-state index contributed by atoms with van der Waals surface area (Å²) in [6.45, 7) is 2.81. The molecule has 0 aliphatic rings. The van der Waals surface area contributed by atoms with Crippen molar-refractivity contribution in [2.24, 2.45) is 0 Å². The summed E-state index contributed by atoms with van der Waals surface area (Å²) in [4.78, 5) is 11.8. The number of benzene rings is 2. The second kappa shape index (κ2) is 7.34. The molecule has 2 aromatic carbocycles. The maximum atomic E-state index is 11.8. The Balaban J connectivity index is 2.11. The normalized spacial score (nSPS) is 10.1. The predicted octanol–water partition coefficient (Wildman–Crippen LogP) is 4.28. The second-order valence-electron chi connectivity index (χ2n) is 4.65. The highest BCUT2D eigenvalue weighted by atomic mass is 16.2. The van der Waals surface area contributed by atoms with Crippen LogP contribution in [0.5, 0.6) is 0 Å². The summed E-state index contributed by atoms with van der Waals surface area (Å²) in [6, 6.07) is 17.7. The molecule has 20 heavy (non-hydrogen) atoms. The second-order valence-corrected chi connectivity index (χ2v) is 4.65. The van der Waals surface area contributed by atoms with Gasteiger partial charge in [-0.25, -0.2) is 4.79 Å². The zero-order valence-corrected chi connectivity index (χ0v) is 11.7. The average Bonchev–Trinajstić information content (AvgIpc) is 2.49. The summed E-state index contributed by atoms with van der Waals surface area (Å²) >= 11 is 0. The van der Waals surface area contributed by atoms with Gasteiger partial charge in [0.2, 0.25) is 0 Å². The van der Waals surface area contributed by atoms with Gasteiger partial charge in [0.25, 0.3) is 0 Å². The highest BCUT2D eigenvalue weighted by Gasteiger charge is 2.07. The topological polar surface area (TPSA) is 41.1 Å². The summed E-state index contributed by atoms with van der Waals surface area (Å²) in [5.74, 6) is 0. The van der Waals surface area contributed by atoms with Gasteiger partial charge in [0.1, 0.15) is 0 Å². The maximum absolute atomic E-state index is 11.8. The third-order valence-corrected chi connectivity index (χ3v) is 3.08. The van der Waals surface area contributed by atoms with Crippen LogP contribution in [0.25, 0.3) is 11.1 Å². The monoisotopic (exact) mass is 268 g/mol. The van der Waals surface area contributed by atoms with Crippen LogP contribution in [0.2, 0.25) is 0 Å². The molecule has 0 radical (unpaired) electrons. The summed E-state index contributed by atoms with van der Waals surface area (Å²) in [7, 11) is 0. The van der Waals surface area contributed by atoms with Crippen molar-refractivity contribution in [3.8, 4) is 11.1 Å². The van der Waals surface area contributed by atoms with Crippen molar-refractivity contribution in [2.45, 2.75) is 19.8 Å². The van der Waals surface area contributed by atoms with Gasteiger partial charge in [-0.1, -0.05) is 61.9 Å². The molecule has 104 valence electrons. The van der Waals surface area contributed by atoms with E-state index < -0.39 is 0 Å². The van der Waals surface area contributed by atoms with E-state index in [-0.39, 0.29) is 6.03 Å². The molecule has 0 aliphatic carbocycles. The number of hydrogen-bond donors (Lipinski definition) is 2. The van der Waals surface area contributed by atoms with E-state index in [2.05, 4.69) is 17.6 Å². The van der Waals surface area contributed by atoms with Gasteiger partial charge < -0.3 is 10.6 Å². The first-order valence-corrected chi connectivity index (χ1v) is 7.00. The van der Waals surface area contributed by atoms with E-state index in [9.17, 15) is 4.79 Å². The number of para-hydroxylation sites is 1. The molecule has 3 heteroatoms. The fourth-order valence-corrected chi connectivity index (χ4v) is 2.01. The largest absolute Gasteiger partial charge is 0.338 e. The Kier molecular flexibility index (Phi) is 5.18. The Hall–Kier alpha value is -2.29. The van der Waals surface area contributed by atoms with Gasteiger partial charge >= 0.3 is 6.03 Å². The molecule has 2 rings (SSSR count). The van der Waals surface area contributed by atoms with Gasteiger partial charge in [0, 0.05) is 12.1 Å². The number of unbranched alkanes of at least 4 members (excludes halogenated alkanes) is 1. The van der Waals surface area contributed by atoms with E-state index in [1.807, 2.05) is 54.6 Å². The molecule has 0 bridgehead atoms. The summed E-state index contributed by atoms with van der Waals surface area (Å²) in [5.41, 5.74) is 2.95. The van der Waals surface area contributed by atoms with Crippen molar-refractivity contribution in [1.29, 1.82) is 0 Å². The number of hydrogen-bond acceptors (Lipinski definition) is 1. The molecule has 0 saturated heterocycles. The van der Waals surface area contributed by atoms with Crippen LogP contribution < -0.4 is 10.6 Å². The lowest BCUT2D eigenvalue weighted by molar-refractivity contribution is 0.252. The van der Waals surface area contributed by atoms with Gasteiger partial charge in [0.05, 0.1) is 5.69 Å². The molecule has 0 aromatic heterocycles. The molecule has 0 saturated carbocycles. The number of anilines is 1. The van der Waals surface area contributed by atoms with Crippen molar-refractivity contribution >= 4 is 11.7 Å². The number of urea groups is 1. The van der Waals surface area contributed by atoms with Gasteiger partial charge in [-0.3, -0.25) is 0 Å². The molecule has 2 N–H and O–H groups in total. The Morgan fingerprint density at radius 2 is 1.70 bits per heavy atom. The Morgan fingerprint density at radius 3 is 2.45 bits per heavy atom. The summed E-state index contributed by atoms with van der Waals surface area (Å²) < 4.78 is 0. The highest BCUT2D eigenvalue weighted by molar-refractivity contribution is 5.94. The molecule has 0 atom stereocenters. The number of carbonyl (C=O) groups excluding carboxylic acids is 1. The molecule has 0 spiro atoms. The van der Waals surface area contributed by atoms with Crippen LogP contribution in [0.3, 0.4) is 0 Å². The molecule has 3 nitrogen and oxygen atoms in total. The minimum absolute atomic E-state index is 0.151. The van der Waals surface area contributed by atoms with E-state index in [0.717, 1.165) is 29.7 Å². The van der Waals surface area contributed by atoms with Crippen LogP contribution in [-0.2, 0) is 0 Å². The van der Waals surface area contributed by atoms with E-state index >= 15 is 0 Å². The third kappa shape index (κ3) is 3.85. The zero-order chi connectivity index (χ0) is 14.2. The van der Waals surface area contributed by atoms with Gasteiger partial charge in [0.15, 0.2) is 0 Å². The van der Waals surface area contributed by atoms with Crippen molar-refractivity contribution < 1.29 is 4.79 Å². The van der Waals surface area contributed by atoms with Crippen molar-refractivity contribution in [1.82, 2.24) is 5.32 Å². The lowest BCUT2D eigenvalue weighted by Gasteiger charge is -2.12. The minimum Gasteiger partial charge on any atom is -0.338 e. The Morgan fingerprint density at radius 1 is 1.00 bits per heavy atom. The molecule has 0 heterocycles. The van der Waals surface area contributed by atoms with Crippen LogP contribution >= 0.6 is 0 Å². The van der Waals surface area contributed by atoms with E-state index in [1.165, 1.54) is 0 Å². The van der Waals surface area contributed by atoms with Crippen LogP contribution in [0, 0.1) is 0 Å². The van der Waals surface area contributed by atoms with Crippen LogP contribution in [0.1, 0.15) is 19.8 Å². The molecular weight excluding hydrogens is 248 g/mol. The van der Waals surface area contributed by atoms with Crippen molar-refractivity contribution in [3.63, 3.8) is 0 Å². The smallest absolute Gasteiger partial charge is 0.319 e. The Labute approximate surface area is 120 Å². The third-order valence-electron chi connectivity index (χ3n) is 3.08. The van der Waals surface area contributed by atoms with E-state index in [1.54, 1.807) is 0 Å². The number of carbonyl (C=O) groups is 1. The van der Waals surface area contributed by atoms with Gasteiger partial charge in [-0.2, -0.15) is 0 Å². The van der Waals surface area contributed by atoms with Gasteiger partial charge in [-0.15, -0.1) is 0 Å². The average molecular weight is 268 g/mol. The number of amides is 2. The molecule has 0 fully saturated rings. The fourth-order valence-electron chi connectivity index (χ4n) is 2.01. The van der Waals surface area contributed by atoms with Crippen LogP contribution in [-0.4, -0.2) is 12.6 Å². The lowest BCUT2D eigenvalue weighted by Crippen LogP contribution is -2.29. The first-order valence-electron chi connectivity index (χ1n) is 7.00. The van der Waals surface area contributed by atoms with Crippen molar-refractivity contribution in [2.75, 3.05) is 11.9 Å². The summed E-state index contributed by atoms with van der Waals surface area (Å²) in [6.07, 6.45) is 2.06. The standard InChI is InChI=1S/C17H20N2O/c1-2-3-13-18-17(20)19-16-12-8-7-11-15(16)14-9-5-4-6-10-14/h4-12H,2-3,13H2,1H3,(H2,18,19,20). The molecule has 0 aliphatic heterocycles. The lowest BCUT2D eigenvalue weighted by atomic mass is 10.0. The highest BCUT2D eigenvalue weighted by Crippen LogP contribution is 2.27. The molecule has 2 amide bonds. The number of nitrogens with one attached hydrogen (secondary N) is 2. The molecular formula is C17H20N2O. The fraction of sp³-hybridized carbons (Fsp3) is 0.235. The number of rotatable bonds is 5. The SMILES string of the molecule is CCCCNC(=O)Nc1ccccc1-c1ccccc1. The molecule has 2 aromatic rings. The first-order chi connectivity index (χ1) is 9.81. The predicted molar refractivity (Wildman–Crippen MR) is 83.8 cm³/mol. The van der Waals surface area contributed by atoms with E-state index in [4.69, 9.17) is 0 Å². The van der Waals surface area contributed by atoms with Crippen LogP contribution in [0.4, 0.5) is 10.5 Å². The van der Waals surface area contributed by atoms with E-state index in [0.29, 0.717) is 6.54 Å². The quantitative estimate of drug-likeness (QED) is 0.781. The maximum Gasteiger partial charge on any atom is 0.319 e. The first kappa shape index (κ1) is 14.1. The zero-order valence-electron chi connectivity index (χ0n) is 11.7. The molecule has 0 unspecified atom stereocenters. The summed E-state index contributed by atoms with van der Waals surface area (Å²) in [5, 5.41) is 5.78.